The Labute approximate surface area is 99.2 Å². The Kier molecular flexibility index (Phi) is 2.70. The second-order valence-electron chi connectivity index (χ2n) is 4.59. The molecule has 1 aliphatic carbocycles. The van der Waals surface area contributed by atoms with Crippen LogP contribution in [0.15, 0.2) is 0 Å². The van der Waals surface area contributed by atoms with Gasteiger partial charge in [0.25, 0.3) is 0 Å². The minimum Gasteiger partial charge on any atom is -0.481 e. The van der Waals surface area contributed by atoms with Crippen molar-refractivity contribution in [3.63, 3.8) is 0 Å². The number of aromatic nitrogens is 2. The van der Waals surface area contributed by atoms with Gasteiger partial charge in [0.05, 0.1) is 11.1 Å². The van der Waals surface area contributed by atoms with Gasteiger partial charge in [0, 0.05) is 12.6 Å². The van der Waals surface area contributed by atoms with Gasteiger partial charge in [-0.25, -0.2) is 0 Å². The molecule has 0 bridgehead atoms. The highest BCUT2D eigenvalue weighted by molar-refractivity contribution is 6.30. The van der Waals surface area contributed by atoms with Crippen LogP contribution in [-0.4, -0.2) is 20.9 Å². The maximum atomic E-state index is 11.3. The third kappa shape index (κ3) is 1.61. The van der Waals surface area contributed by atoms with Crippen molar-refractivity contribution in [3.05, 3.63) is 16.4 Å². The van der Waals surface area contributed by atoms with Gasteiger partial charge in [-0.15, -0.1) is 0 Å². The Hall–Kier alpha value is -1.03. The summed E-state index contributed by atoms with van der Waals surface area (Å²) in [5.41, 5.74) is 1.11. The molecule has 16 heavy (non-hydrogen) atoms. The second kappa shape index (κ2) is 3.77. The van der Waals surface area contributed by atoms with Gasteiger partial charge < -0.3 is 5.11 Å². The summed E-state index contributed by atoms with van der Waals surface area (Å²) < 4.78 is 1.60. The summed E-state index contributed by atoms with van der Waals surface area (Å²) in [6.07, 6.45) is 2.98. The van der Waals surface area contributed by atoms with Gasteiger partial charge in [-0.1, -0.05) is 18.0 Å². The number of aliphatic carboxylic acids is 1. The van der Waals surface area contributed by atoms with Crippen LogP contribution in [0.4, 0.5) is 0 Å². The average molecular weight is 243 g/mol. The van der Waals surface area contributed by atoms with Crippen molar-refractivity contribution >= 4 is 17.6 Å². The van der Waals surface area contributed by atoms with Crippen molar-refractivity contribution in [2.45, 2.75) is 32.6 Å². The van der Waals surface area contributed by atoms with Gasteiger partial charge in [-0.05, 0) is 26.2 Å². The van der Waals surface area contributed by atoms with Crippen molar-refractivity contribution in [3.8, 4) is 0 Å². The highest BCUT2D eigenvalue weighted by Crippen LogP contribution is 2.45. The molecule has 1 aromatic heterocycles. The molecule has 0 aliphatic heterocycles. The maximum Gasteiger partial charge on any atom is 0.309 e. The molecule has 0 aromatic carbocycles. The second-order valence-corrected chi connectivity index (χ2v) is 4.95. The molecule has 2 rings (SSSR count). The van der Waals surface area contributed by atoms with Gasteiger partial charge in [-0.2, -0.15) is 5.10 Å². The number of nitrogens with zero attached hydrogens (tertiary/aromatic N) is 2. The van der Waals surface area contributed by atoms with Gasteiger partial charge >= 0.3 is 5.97 Å². The van der Waals surface area contributed by atoms with E-state index in [2.05, 4.69) is 5.10 Å². The van der Waals surface area contributed by atoms with E-state index >= 15 is 0 Å². The topological polar surface area (TPSA) is 55.1 Å². The minimum absolute atomic E-state index is 0.501. The lowest BCUT2D eigenvalue weighted by Gasteiger charge is -2.37. The standard InChI is InChI=1S/C11H15ClN2O2/c1-7-8(9(12)14(2)13-7)6-11(10(15)16)4-3-5-11/h3-6H2,1-2H3,(H,15,16). The van der Waals surface area contributed by atoms with E-state index in [0.29, 0.717) is 11.6 Å². The van der Waals surface area contributed by atoms with Crippen LogP contribution < -0.4 is 0 Å². The molecular weight excluding hydrogens is 228 g/mol. The van der Waals surface area contributed by atoms with Crippen molar-refractivity contribution in [2.24, 2.45) is 12.5 Å². The molecule has 0 atom stereocenters. The van der Waals surface area contributed by atoms with Crippen molar-refractivity contribution in [1.82, 2.24) is 9.78 Å². The van der Waals surface area contributed by atoms with E-state index in [4.69, 9.17) is 11.6 Å². The van der Waals surface area contributed by atoms with Gasteiger partial charge in [0.15, 0.2) is 0 Å². The third-order valence-corrected chi connectivity index (χ3v) is 4.02. The normalized spacial score (nSPS) is 18.2. The van der Waals surface area contributed by atoms with E-state index < -0.39 is 11.4 Å². The molecule has 0 saturated heterocycles. The third-order valence-electron chi connectivity index (χ3n) is 3.55. The molecule has 0 spiro atoms. The van der Waals surface area contributed by atoms with Crippen LogP contribution in [0.1, 0.15) is 30.5 Å². The molecule has 4 nitrogen and oxygen atoms in total. The highest BCUT2D eigenvalue weighted by atomic mass is 35.5. The molecule has 1 aromatic rings. The largest absolute Gasteiger partial charge is 0.481 e. The Morgan fingerprint density at radius 2 is 2.25 bits per heavy atom. The Bertz CT molecular complexity index is 435. The van der Waals surface area contributed by atoms with Gasteiger partial charge in [-0.3, -0.25) is 9.48 Å². The summed E-state index contributed by atoms with van der Waals surface area (Å²) in [7, 11) is 1.77. The Balaban J connectivity index is 2.29. The monoisotopic (exact) mass is 242 g/mol. The zero-order chi connectivity index (χ0) is 11.9. The summed E-state index contributed by atoms with van der Waals surface area (Å²) in [6, 6.07) is 0. The lowest BCUT2D eigenvalue weighted by Crippen LogP contribution is -2.40. The molecule has 1 aliphatic rings. The first kappa shape index (κ1) is 11.5. The van der Waals surface area contributed by atoms with Crippen LogP contribution in [0, 0.1) is 12.3 Å². The quantitative estimate of drug-likeness (QED) is 0.884. The molecule has 0 unspecified atom stereocenters. The van der Waals surface area contributed by atoms with E-state index in [9.17, 15) is 9.90 Å². The van der Waals surface area contributed by atoms with E-state index in [0.717, 1.165) is 30.5 Å². The van der Waals surface area contributed by atoms with Crippen LogP contribution in [0.2, 0.25) is 5.15 Å². The Morgan fingerprint density at radius 1 is 1.62 bits per heavy atom. The lowest BCUT2D eigenvalue weighted by atomic mass is 9.65. The SMILES string of the molecule is Cc1nn(C)c(Cl)c1CC1(C(=O)O)CCC1. The number of rotatable bonds is 3. The maximum absolute atomic E-state index is 11.3. The molecule has 0 amide bonds. The van der Waals surface area contributed by atoms with E-state index in [1.165, 1.54) is 0 Å². The molecule has 1 N–H and O–H groups in total. The molecule has 1 saturated carbocycles. The number of carboxylic acids is 1. The molecule has 0 radical (unpaired) electrons. The van der Waals surface area contributed by atoms with Gasteiger partial charge in [0.1, 0.15) is 5.15 Å². The Morgan fingerprint density at radius 3 is 2.56 bits per heavy atom. The van der Waals surface area contributed by atoms with Gasteiger partial charge in [0.2, 0.25) is 0 Å². The predicted molar refractivity (Wildman–Crippen MR) is 60.6 cm³/mol. The molecular formula is C11H15ClN2O2. The van der Waals surface area contributed by atoms with E-state index in [1.807, 2.05) is 6.92 Å². The number of hydrogen-bond donors (Lipinski definition) is 1. The van der Waals surface area contributed by atoms with Crippen LogP contribution in [0.5, 0.6) is 0 Å². The summed E-state index contributed by atoms with van der Waals surface area (Å²) in [5, 5.41) is 14.0. The fourth-order valence-corrected chi connectivity index (χ4v) is 2.52. The predicted octanol–water partition coefficient (Wildman–Crippen LogP) is 2.18. The summed E-state index contributed by atoms with van der Waals surface area (Å²) in [5.74, 6) is -0.710. The van der Waals surface area contributed by atoms with Crippen molar-refractivity contribution in [1.29, 1.82) is 0 Å². The first-order chi connectivity index (χ1) is 7.46. The molecule has 1 fully saturated rings. The first-order valence-corrected chi connectivity index (χ1v) is 5.75. The van der Waals surface area contributed by atoms with E-state index in [1.54, 1.807) is 11.7 Å². The number of hydrogen-bond acceptors (Lipinski definition) is 2. The van der Waals surface area contributed by atoms with Crippen LogP contribution >= 0.6 is 11.6 Å². The van der Waals surface area contributed by atoms with Crippen LogP contribution in [0.25, 0.3) is 0 Å². The smallest absolute Gasteiger partial charge is 0.309 e. The number of aryl methyl sites for hydroxylation is 2. The molecule has 1 heterocycles. The number of halogens is 1. The fraction of sp³-hybridized carbons (Fsp3) is 0.636. The zero-order valence-electron chi connectivity index (χ0n) is 9.46. The first-order valence-electron chi connectivity index (χ1n) is 5.38. The summed E-state index contributed by atoms with van der Waals surface area (Å²) in [4.78, 5) is 11.3. The van der Waals surface area contributed by atoms with Crippen LogP contribution in [-0.2, 0) is 18.3 Å². The van der Waals surface area contributed by atoms with E-state index in [-0.39, 0.29) is 0 Å². The molecule has 5 heteroatoms. The molecule has 88 valence electrons. The van der Waals surface area contributed by atoms with Crippen molar-refractivity contribution in [2.75, 3.05) is 0 Å². The van der Waals surface area contributed by atoms with Crippen LogP contribution in [0.3, 0.4) is 0 Å². The minimum atomic E-state index is -0.710. The summed E-state index contributed by atoms with van der Waals surface area (Å²) in [6.45, 7) is 1.87. The number of carboxylic acid groups (broad SMARTS) is 1. The zero-order valence-corrected chi connectivity index (χ0v) is 10.2. The number of carbonyl (C=O) groups is 1. The lowest BCUT2D eigenvalue weighted by molar-refractivity contribution is -0.154. The van der Waals surface area contributed by atoms with Crippen molar-refractivity contribution < 1.29 is 9.90 Å². The average Bonchev–Trinajstić information content (AvgIpc) is 2.36. The fourth-order valence-electron chi connectivity index (χ4n) is 2.28. The summed E-state index contributed by atoms with van der Waals surface area (Å²) >= 11 is 6.11. The highest BCUT2D eigenvalue weighted by Gasteiger charge is 2.45.